The molecule has 1 heteroatoms. The number of hydrogen-bond donors (Lipinski definition) is 0. The first-order valence-electron chi connectivity index (χ1n) is 4.80. The van der Waals surface area contributed by atoms with Crippen LogP contribution in [-0.4, -0.2) is 0 Å². The standard InChI is InChI=1S/C12H13O/c1-2-3-7-11-9-10-6-4-5-8-12(10)13-11/h4-6,8H,2-3,7H2,1H3. The van der Waals surface area contributed by atoms with E-state index >= 15 is 0 Å². The maximum atomic E-state index is 5.61. The second-order valence-corrected chi connectivity index (χ2v) is 3.25. The molecule has 0 fully saturated rings. The van der Waals surface area contributed by atoms with E-state index in [1.54, 1.807) is 0 Å². The van der Waals surface area contributed by atoms with Crippen molar-refractivity contribution < 1.29 is 4.42 Å². The number of aryl methyl sites for hydroxylation is 1. The molecule has 2 aromatic rings. The first-order valence-corrected chi connectivity index (χ1v) is 4.80. The van der Waals surface area contributed by atoms with Gasteiger partial charge in [-0.15, -0.1) is 0 Å². The van der Waals surface area contributed by atoms with Crippen LogP contribution in [0.25, 0.3) is 11.0 Å². The van der Waals surface area contributed by atoms with Gasteiger partial charge in [0.25, 0.3) is 0 Å². The Kier molecular flexibility index (Phi) is 2.35. The van der Waals surface area contributed by atoms with Crippen LogP contribution in [0.3, 0.4) is 0 Å². The highest BCUT2D eigenvalue weighted by molar-refractivity contribution is 5.76. The van der Waals surface area contributed by atoms with Crippen LogP contribution in [0.5, 0.6) is 0 Å². The van der Waals surface area contributed by atoms with E-state index in [-0.39, 0.29) is 0 Å². The van der Waals surface area contributed by atoms with E-state index in [1.807, 2.05) is 24.3 Å². The Morgan fingerprint density at radius 1 is 1.31 bits per heavy atom. The van der Waals surface area contributed by atoms with Gasteiger partial charge in [0.05, 0.1) is 0 Å². The summed E-state index contributed by atoms with van der Waals surface area (Å²) >= 11 is 0. The summed E-state index contributed by atoms with van der Waals surface area (Å²) in [5.41, 5.74) is 0.952. The molecule has 0 unspecified atom stereocenters. The summed E-state index contributed by atoms with van der Waals surface area (Å²) in [5, 5.41) is 1.09. The molecule has 1 aromatic heterocycles. The monoisotopic (exact) mass is 173 g/mol. The van der Waals surface area contributed by atoms with Gasteiger partial charge in [0.15, 0.2) is 0 Å². The van der Waals surface area contributed by atoms with E-state index in [9.17, 15) is 0 Å². The average molecular weight is 173 g/mol. The summed E-state index contributed by atoms with van der Waals surface area (Å²) in [6.45, 7) is 2.18. The predicted octanol–water partition coefficient (Wildman–Crippen LogP) is 3.58. The Morgan fingerprint density at radius 3 is 2.92 bits per heavy atom. The lowest BCUT2D eigenvalue weighted by Crippen LogP contribution is -1.78. The van der Waals surface area contributed by atoms with Gasteiger partial charge in [-0.1, -0.05) is 31.5 Å². The molecule has 0 aliphatic carbocycles. The molecule has 0 saturated carbocycles. The maximum Gasteiger partial charge on any atom is 0.134 e. The topological polar surface area (TPSA) is 13.1 Å². The van der Waals surface area contributed by atoms with Crippen molar-refractivity contribution in [3.05, 3.63) is 36.1 Å². The Hall–Kier alpha value is -1.24. The zero-order valence-corrected chi connectivity index (χ0v) is 7.84. The van der Waals surface area contributed by atoms with Crippen LogP contribution in [0.4, 0.5) is 0 Å². The van der Waals surface area contributed by atoms with E-state index in [2.05, 4.69) is 13.0 Å². The van der Waals surface area contributed by atoms with Gasteiger partial charge in [-0.3, -0.25) is 0 Å². The van der Waals surface area contributed by atoms with Crippen LogP contribution >= 0.6 is 0 Å². The van der Waals surface area contributed by atoms with Gasteiger partial charge in [0.2, 0.25) is 0 Å². The van der Waals surface area contributed by atoms with Gasteiger partial charge >= 0.3 is 0 Å². The summed E-state index contributed by atoms with van der Waals surface area (Å²) < 4.78 is 5.61. The van der Waals surface area contributed by atoms with Crippen LogP contribution in [0, 0.1) is 6.07 Å². The number of benzene rings is 1. The zero-order valence-electron chi connectivity index (χ0n) is 7.84. The maximum absolute atomic E-state index is 5.61. The minimum atomic E-state index is 0.952. The predicted molar refractivity (Wildman–Crippen MR) is 53.7 cm³/mol. The van der Waals surface area contributed by atoms with E-state index in [1.165, 1.54) is 12.8 Å². The lowest BCUT2D eigenvalue weighted by Gasteiger charge is -1.90. The minimum absolute atomic E-state index is 0.952. The van der Waals surface area contributed by atoms with Crippen molar-refractivity contribution in [3.63, 3.8) is 0 Å². The highest BCUT2D eigenvalue weighted by Gasteiger charge is 2.01. The molecule has 2 rings (SSSR count). The summed E-state index contributed by atoms with van der Waals surface area (Å²) in [4.78, 5) is 0. The molecule has 0 atom stereocenters. The quantitative estimate of drug-likeness (QED) is 0.691. The molecule has 0 aliphatic rings. The molecule has 0 amide bonds. The fourth-order valence-corrected chi connectivity index (χ4v) is 1.42. The molecular weight excluding hydrogens is 160 g/mol. The molecule has 1 nitrogen and oxygen atoms in total. The third kappa shape index (κ3) is 1.74. The van der Waals surface area contributed by atoms with Crippen molar-refractivity contribution in [2.75, 3.05) is 0 Å². The molecule has 1 radical (unpaired) electrons. The van der Waals surface area contributed by atoms with Crippen LogP contribution in [0.1, 0.15) is 25.5 Å². The van der Waals surface area contributed by atoms with Crippen molar-refractivity contribution >= 4 is 11.0 Å². The number of fused-ring (bicyclic) bond motifs is 1. The Morgan fingerprint density at radius 2 is 2.15 bits per heavy atom. The highest BCUT2D eigenvalue weighted by Crippen LogP contribution is 2.19. The third-order valence-electron chi connectivity index (χ3n) is 2.15. The molecule has 0 aliphatic heterocycles. The normalized spacial score (nSPS) is 10.8. The highest BCUT2D eigenvalue weighted by atomic mass is 16.3. The zero-order chi connectivity index (χ0) is 9.10. The molecule has 0 saturated heterocycles. The number of para-hydroxylation sites is 1. The SMILES string of the molecule is CCCCc1[c]c2ccccc2o1. The molecular formula is C12H13O. The first kappa shape index (κ1) is 8.36. The van der Waals surface area contributed by atoms with Crippen molar-refractivity contribution in [2.45, 2.75) is 26.2 Å². The van der Waals surface area contributed by atoms with Crippen molar-refractivity contribution in [1.82, 2.24) is 0 Å². The fourth-order valence-electron chi connectivity index (χ4n) is 1.42. The lowest BCUT2D eigenvalue weighted by molar-refractivity contribution is 0.535. The number of rotatable bonds is 3. The second-order valence-electron chi connectivity index (χ2n) is 3.25. The molecule has 1 aromatic carbocycles. The van der Waals surface area contributed by atoms with Gasteiger partial charge in [-0.25, -0.2) is 0 Å². The first-order chi connectivity index (χ1) is 6.40. The number of furan rings is 1. The summed E-state index contributed by atoms with van der Waals surface area (Å²) in [7, 11) is 0. The summed E-state index contributed by atoms with van der Waals surface area (Å²) in [6, 6.07) is 11.3. The Labute approximate surface area is 78.4 Å². The number of hydrogen-bond acceptors (Lipinski definition) is 1. The van der Waals surface area contributed by atoms with Gasteiger partial charge in [0.1, 0.15) is 11.3 Å². The third-order valence-corrected chi connectivity index (χ3v) is 2.15. The summed E-state index contributed by atoms with van der Waals surface area (Å²) in [6.07, 6.45) is 3.38. The van der Waals surface area contributed by atoms with Crippen LogP contribution < -0.4 is 0 Å². The second kappa shape index (κ2) is 3.65. The van der Waals surface area contributed by atoms with E-state index < -0.39 is 0 Å². The average Bonchev–Trinajstić information content (AvgIpc) is 2.57. The number of unbranched alkanes of at least 4 members (excludes halogenated alkanes) is 1. The smallest absolute Gasteiger partial charge is 0.134 e. The fraction of sp³-hybridized carbons (Fsp3) is 0.333. The minimum Gasteiger partial charge on any atom is -0.460 e. The van der Waals surface area contributed by atoms with Gasteiger partial charge < -0.3 is 4.42 Å². The summed E-state index contributed by atoms with van der Waals surface area (Å²) in [5.74, 6) is 0.989. The molecule has 0 spiro atoms. The van der Waals surface area contributed by atoms with Gasteiger partial charge in [0, 0.05) is 17.9 Å². The molecule has 0 N–H and O–H groups in total. The van der Waals surface area contributed by atoms with E-state index in [0.29, 0.717) is 0 Å². The van der Waals surface area contributed by atoms with E-state index in [0.717, 1.165) is 23.2 Å². The largest absolute Gasteiger partial charge is 0.460 e. The Balaban J connectivity index is 2.28. The van der Waals surface area contributed by atoms with Gasteiger partial charge in [-0.2, -0.15) is 0 Å². The molecule has 13 heavy (non-hydrogen) atoms. The Bertz CT molecular complexity index is 354. The van der Waals surface area contributed by atoms with Crippen molar-refractivity contribution in [1.29, 1.82) is 0 Å². The van der Waals surface area contributed by atoms with Crippen LogP contribution in [-0.2, 0) is 6.42 Å². The van der Waals surface area contributed by atoms with Gasteiger partial charge in [-0.05, 0) is 12.5 Å². The molecule has 1 heterocycles. The van der Waals surface area contributed by atoms with Crippen molar-refractivity contribution in [2.24, 2.45) is 0 Å². The molecule has 67 valence electrons. The van der Waals surface area contributed by atoms with Crippen LogP contribution in [0.15, 0.2) is 28.7 Å². The lowest BCUT2D eigenvalue weighted by atomic mass is 10.2. The molecule has 0 bridgehead atoms. The van der Waals surface area contributed by atoms with Crippen LogP contribution in [0.2, 0.25) is 0 Å². The van der Waals surface area contributed by atoms with Crippen molar-refractivity contribution in [3.8, 4) is 0 Å². The van der Waals surface area contributed by atoms with E-state index in [4.69, 9.17) is 4.42 Å².